The Kier molecular flexibility index (Phi) is 11.3. The maximum atomic E-state index is 13.7. The Labute approximate surface area is 293 Å². The number of hydrogen-bond acceptors (Lipinski definition) is 7. The second-order valence-corrected chi connectivity index (χ2v) is 13.8. The zero-order valence-corrected chi connectivity index (χ0v) is 28.9. The highest BCUT2D eigenvalue weighted by Crippen LogP contribution is 2.29. The topological polar surface area (TPSA) is 167 Å². The molecule has 4 aromatic rings. The third kappa shape index (κ3) is 8.83. The minimum atomic E-state index is -0.768. The van der Waals surface area contributed by atoms with Crippen LogP contribution in [0.5, 0.6) is 0 Å². The van der Waals surface area contributed by atoms with Gasteiger partial charge in [-0.15, -0.1) is 0 Å². The number of aryl methyl sites for hydroxylation is 2. The molecule has 2 heterocycles. The molecule has 1 saturated carbocycles. The summed E-state index contributed by atoms with van der Waals surface area (Å²) in [6.45, 7) is 6.34. The first-order valence-electron chi connectivity index (χ1n) is 17.8. The van der Waals surface area contributed by atoms with Gasteiger partial charge in [0.15, 0.2) is 5.82 Å². The van der Waals surface area contributed by atoms with Gasteiger partial charge in [0.25, 0.3) is 5.91 Å². The standard InChI is InChI=1S/C39H48N8O3/c1-24-21-31(38(49)43-33-17-19-41-20-18-33)13-16-34(24)28-7-3-26(4-8-28)22-35(45-37(48)30-9-5-27(23-40)6-10-30)39(50)44-32-14-11-29(12-15-32)36-42-25(2)46-47-36/h3-4,7-8,11-16,21,27,30,33,35,41H,5-6,9-10,17-20,22-23,40H2,1-2H3,(H,43,49)(H,44,50)(H,45,48)(H,42,46,47). The van der Waals surface area contributed by atoms with Crippen molar-refractivity contribution in [2.24, 2.45) is 17.6 Å². The summed E-state index contributed by atoms with van der Waals surface area (Å²) in [6, 6.07) is 20.6. The van der Waals surface area contributed by atoms with Crippen LogP contribution in [0.2, 0.25) is 0 Å². The van der Waals surface area contributed by atoms with Crippen LogP contribution in [0.4, 0.5) is 5.69 Å². The molecule has 3 aromatic carbocycles. The van der Waals surface area contributed by atoms with E-state index in [2.05, 4.69) is 36.4 Å². The molecule has 11 nitrogen and oxygen atoms in total. The summed E-state index contributed by atoms with van der Waals surface area (Å²) in [4.78, 5) is 44.5. The van der Waals surface area contributed by atoms with Crippen molar-refractivity contribution in [3.63, 3.8) is 0 Å². The lowest BCUT2D eigenvalue weighted by molar-refractivity contribution is -0.130. The van der Waals surface area contributed by atoms with Crippen molar-refractivity contribution in [2.75, 3.05) is 25.0 Å². The minimum Gasteiger partial charge on any atom is -0.349 e. The summed E-state index contributed by atoms with van der Waals surface area (Å²) in [5, 5.41) is 19.6. The normalized spacial score (nSPS) is 18.6. The number of rotatable bonds is 11. The fourth-order valence-corrected chi connectivity index (χ4v) is 6.98. The molecule has 262 valence electrons. The van der Waals surface area contributed by atoms with Gasteiger partial charge in [-0.2, -0.15) is 5.10 Å². The molecular weight excluding hydrogens is 628 g/mol. The van der Waals surface area contributed by atoms with Crippen molar-refractivity contribution in [3.8, 4) is 22.5 Å². The average molecular weight is 677 g/mol. The molecule has 0 spiro atoms. The van der Waals surface area contributed by atoms with E-state index in [9.17, 15) is 14.4 Å². The average Bonchev–Trinajstić information content (AvgIpc) is 3.58. The van der Waals surface area contributed by atoms with Crippen molar-refractivity contribution in [3.05, 3.63) is 89.2 Å². The molecular formula is C39H48N8O3. The van der Waals surface area contributed by atoms with E-state index >= 15 is 0 Å². The Bertz CT molecular complexity index is 1770. The van der Waals surface area contributed by atoms with Gasteiger partial charge >= 0.3 is 0 Å². The van der Waals surface area contributed by atoms with Crippen LogP contribution in [0.25, 0.3) is 22.5 Å². The van der Waals surface area contributed by atoms with Crippen LogP contribution in [0.15, 0.2) is 66.7 Å². The number of benzene rings is 3. The number of hydrogen-bond donors (Lipinski definition) is 6. The highest BCUT2D eigenvalue weighted by atomic mass is 16.2. The molecule has 1 aliphatic carbocycles. The third-order valence-electron chi connectivity index (χ3n) is 10.1. The summed E-state index contributed by atoms with van der Waals surface area (Å²) in [6.07, 6.45) is 5.61. The summed E-state index contributed by atoms with van der Waals surface area (Å²) in [5.74, 6) is 1.22. The van der Waals surface area contributed by atoms with Crippen molar-refractivity contribution in [1.29, 1.82) is 0 Å². The number of nitrogens with zero attached hydrogens (tertiary/aromatic N) is 2. The van der Waals surface area contributed by atoms with Gasteiger partial charge < -0.3 is 27.0 Å². The fraction of sp³-hybridized carbons (Fsp3) is 0.410. The molecule has 1 saturated heterocycles. The highest BCUT2D eigenvalue weighted by molar-refractivity contribution is 5.98. The predicted octanol–water partition coefficient (Wildman–Crippen LogP) is 4.67. The predicted molar refractivity (Wildman–Crippen MR) is 195 cm³/mol. The van der Waals surface area contributed by atoms with Crippen LogP contribution < -0.4 is 27.0 Å². The Hall–Kier alpha value is -4.87. The third-order valence-corrected chi connectivity index (χ3v) is 10.1. The maximum Gasteiger partial charge on any atom is 0.251 e. The molecule has 1 aliphatic heterocycles. The van der Waals surface area contributed by atoms with Crippen LogP contribution in [-0.4, -0.2) is 64.6 Å². The molecule has 3 amide bonds. The second kappa shape index (κ2) is 16.2. The monoisotopic (exact) mass is 676 g/mol. The van der Waals surface area contributed by atoms with Gasteiger partial charge in [-0.25, -0.2) is 4.98 Å². The van der Waals surface area contributed by atoms with Crippen molar-refractivity contribution >= 4 is 23.4 Å². The summed E-state index contributed by atoms with van der Waals surface area (Å²) in [7, 11) is 0. The first-order valence-corrected chi connectivity index (χ1v) is 17.8. The molecule has 1 atom stereocenters. The summed E-state index contributed by atoms with van der Waals surface area (Å²) >= 11 is 0. The molecule has 50 heavy (non-hydrogen) atoms. The van der Waals surface area contributed by atoms with E-state index in [0.717, 1.165) is 85.3 Å². The molecule has 0 bridgehead atoms. The smallest absolute Gasteiger partial charge is 0.251 e. The zero-order chi connectivity index (χ0) is 35.0. The second-order valence-electron chi connectivity index (χ2n) is 13.8. The van der Waals surface area contributed by atoms with Crippen LogP contribution in [0.1, 0.15) is 65.8 Å². The van der Waals surface area contributed by atoms with Gasteiger partial charge in [-0.05, 0) is 137 Å². The first kappa shape index (κ1) is 35.0. The van der Waals surface area contributed by atoms with Gasteiger partial charge in [-0.3, -0.25) is 19.5 Å². The van der Waals surface area contributed by atoms with Crippen molar-refractivity contribution < 1.29 is 14.4 Å². The number of piperidine rings is 1. The Morgan fingerprint density at radius 1 is 0.880 bits per heavy atom. The molecule has 2 fully saturated rings. The van der Waals surface area contributed by atoms with Gasteiger partial charge in [-0.1, -0.05) is 30.3 Å². The molecule has 6 rings (SSSR count). The fourth-order valence-electron chi connectivity index (χ4n) is 6.98. The lowest BCUT2D eigenvalue weighted by Crippen LogP contribution is -2.48. The maximum absolute atomic E-state index is 13.7. The number of nitrogens with two attached hydrogens (primary N) is 1. The van der Waals surface area contributed by atoms with E-state index in [1.165, 1.54) is 0 Å². The number of anilines is 1. The molecule has 11 heteroatoms. The minimum absolute atomic E-state index is 0.0404. The highest BCUT2D eigenvalue weighted by Gasteiger charge is 2.29. The van der Waals surface area contributed by atoms with E-state index in [0.29, 0.717) is 36.0 Å². The van der Waals surface area contributed by atoms with E-state index in [-0.39, 0.29) is 29.7 Å². The lowest BCUT2D eigenvalue weighted by Gasteiger charge is -2.28. The van der Waals surface area contributed by atoms with Gasteiger partial charge in [0.05, 0.1) is 0 Å². The van der Waals surface area contributed by atoms with Crippen LogP contribution >= 0.6 is 0 Å². The molecule has 0 radical (unpaired) electrons. The van der Waals surface area contributed by atoms with E-state index in [1.807, 2.05) is 80.6 Å². The Balaban J connectivity index is 1.14. The van der Waals surface area contributed by atoms with Crippen LogP contribution in [0.3, 0.4) is 0 Å². The Morgan fingerprint density at radius 3 is 2.22 bits per heavy atom. The quantitative estimate of drug-likeness (QED) is 0.134. The van der Waals surface area contributed by atoms with Crippen molar-refractivity contribution in [1.82, 2.24) is 31.1 Å². The number of aromatic amines is 1. The zero-order valence-electron chi connectivity index (χ0n) is 28.9. The van der Waals surface area contributed by atoms with Crippen LogP contribution in [-0.2, 0) is 16.0 Å². The largest absolute Gasteiger partial charge is 0.349 e. The molecule has 2 aliphatic rings. The molecule has 7 N–H and O–H groups in total. The molecule has 1 unspecified atom stereocenters. The van der Waals surface area contributed by atoms with Crippen LogP contribution in [0, 0.1) is 25.7 Å². The SMILES string of the molecule is Cc1nc(-c2ccc(NC(=O)C(Cc3ccc(-c4ccc(C(=O)NC5CCNCC5)cc4C)cc3)NC(=O)C3CCC(CN)CC3)cc2)n[nH]1. The number of carbonyl (C=O) groups is 3. The van der Waals surface area contributed by atoms with Gasteiger partial charge in [0.2, 0.25) is 11.8 Å². The number of carbonyl (C=O) groups excluding carboxylic acids is 3. The van der Waals surface area contributed by atoms with E-state index in [4.69, 9.17) is 5.73 Å². The number of amides is 3. The number of nitrogens with one attached hydrogen (secondary N) is 5. The number of H-pyrrole nitrogens is 1. The van der Waals surface area contributed by atoms with Gasteiger partial charge in [0.1, 0.15) is 11.9 Å². The first-order chi connectivity index (χ1) is 24.2. The summed E-state index contributed by atoms with van der Waals surface area (Å²) < 4.78 is 0. The Morgan fingerprint density at radius 2 is 1.58 bits per heavy atom. The molecule has 1 aromatic heterocycles. The summed E-state index contributed by atoms with van der Waals surface area (Å²) in [5.41, 5.74) is 12.0. The van der Waals surface area contributed by atoms with Gasteiger partial charge in [0, 0.05) is 35.2 Å². The lowest BCUT2D eigenvalue weighted by atomic mass is 9.81. The van der Waals surface area contributed by atoms with E-state index in [1.54, 1.807) is 0 Å². The number of aromatic nitrogens is 3. The van der Waals surface area contributed by atoms with E-state index < -0.39 is 6.04 Å². The van der Waals surface area contributed by atoms with Crippen molar-refractivity contribution in [2.45, 2.75) is 70.9 Å².